The summed E-state index contributed by atoms with van der Waals surface area (Å²) in [6.07, 6.45) is 6.50. The molecule has 3 heteroatoms. The van der Waals surface area contributed by atoms with E-state index >= 15 is 0 Å². The van der Waals surface area contributed by atoms with E-state index in [-0.39, 0.29) is 5.82 Å². The quantitative estimate of drug-likeness (QED) is 0.607. The number of hydrogen-bond donors (Lipinski definition) is 1. The van der Waals surface area contributed by atoms with Crippen molar-refractivity contribution in [2.45, 2.75) is 52.5 Å². The van der Waals surface area contributed by atoms with E-state index in [0.717, 1.165) is 24.6 Å². The molecule has 0 atom stereocenters. The molecule has 0 aliphatic heterocycles. The lowest BCUT2D eigenvalue weighted by Crippen LogP contribution is -2.14. The van der Waals surface area contributed by atoms with Crippen molar-refractivity contribution >= 4 is 15.9 Å². The maximum atomic E-state index is 13.3. The van der Waals surface area contributed by atoms with E-state index in [9.17, 15) is 4.39 Å². The van der Waals surface area contributed by atoms with Crippen molar-refractivity contribution < 1.29 is 4.39 Å². The van der Waals surface area contributed by atoms with Crippen molar-refractivity contribution in [1.29, 1.82) is 0 Å². The van der Waals surface area contributed by atoms with Gasteiger partial charge in [-0.1, -0.05) is 45.6 Å². The van der Waals surface area contributed by atoms with Gasteiger partial charge in [-0.3, -0.25) is 0 Å². The zero-order valence-corrected chi connectivity index (χ0v) is 13.6. The molecule has 0 saturated carbocycles. The Balaban J connectivity index is 2.03. The Bertz CT molecular complexity index is 366. The van der Waals surface area contributed by atoms with E-state index in [1.54, 1.807) is 12.1 Å². The van der Waals surface area contributed by atoms with Crippen LogP contribution < -0.4 is 5.32 Å². The zero-order valence-electron chi connectivity index (χ0n) is 12.0. The number of nitrogens with one attached hydrogen (secondary N) is 1. The van der Waals surface area contributed by atoms with Gasteiger partial charge in [-0.05, 0) is 52.5 Å². The van der Waals surface area contributed by atoms with Gasteiger partial charge in [0, 0.05) is 6.54 Å². The fourth-order valence-corrected chi connectivity index (χ4v) is 2.29. The molecule has 1 aromatic rings. The maximum absolute atomic E-state index is 13.3. The third-order valence-electron chi connectivity index (χ3n) is 3.20. The highest BCUT2D eigenvalue weighted by atomic mass is 79.9. The van der Waals surface area contributed by atoms with Gasteiger partial charge in [0.2, 0.25) is 0 Å². The van der Waals surface area contributed by atoms with Crippen LogP contribution in [0.15, 0.2) is 22.7 Å². The Morgan fingerprint density at radius 3 is 2.58 bits per heavy atom. The molecule has 0 aromatic heterocycles. The molecule has 0 aliphatic rings. The Morgan fingerprint density at radius 2 is 1.89 bits per heavy atom. The Labute approximate surface area is 125 Å². The lowest BCUT2D eigenvalue weighted by atomic mass is 10.0. The average Bonchev–Trinajstić information content (AvgIpc) is 2.36. The molecule has 108 valence electrons. The van der Waals surface area contributed by atoms with Crippen molar-refractivity contribution in [3.05, 3.63) is 34.1 Å². The molecule has 19 heavy (non-hydrogen) atoms. The van der Waals surface area contributed by atoms with Crippen LogP contribution in [0.4, 0.5) is 4.39 Å². The number of hydrogen-bond acceptors (Lipinski definition) is 1. The molecule has 0 fully saturated rings. The van der Waals surface area contributed by atoms with Crippen molar-refractivity contribution in [2.75, 3.05) is 6.54 Å². The number of halogens is 2. The summed E-state index contributed by atoms with van der Waals surface area (Å²) < 4.78 is 13.8. The van der Waals surface area contributed by atoms with Gasteiger partial charge in [0.25, 0.3) is 0 Å². The first-order chi connectivity index (χ1) is 9.09. The van der Waals surface area contributed by atoms with Gasteiger partial charge < -0.3 is 5.32 Å². The average molecular weight is 330 g/mol. The van der Waals surface area contributed by atoms with Crippen LogP contribution >= 0.6 is 15.9 Å². The van der Waals surface area contributed by atoms with Crippen LogP contribution in [-0.4, -0.2) is 6.54 Å². The SMILES string of the molecule is CC(C)CCCCCCNCc1ccc(Br)c(F)c1. The predicted octanol–water partition coefficient (Wildman–Crippen LogP) is 5.28. The fraction of sp³-hybridized carbons (Fsp3) is 0.625. The summed E-state index contributed by atoms with van der Waals surface area (Å²) in [5.74, 6) is 0.637. The van der Waals surface area contributed by atoms with Gasteiger partial charge in [0.1, 0.15) is 5.82 Å². The molecular formula is C16H25BrFN. The van der Waals surface area contributed by atoms with Crippen LogP contribution in [0.2, 0.25) is 0 Å². The highest BCUT2D eigenvalue weighted by Crippen LogP contribution is 2.16. The molecule has 0 spiro atoms. The second-order valence-electron chi connectivity index (χ2n) is 5.52. The molecule has 0 unspecified atom stereocenters. The van der Waals surface area contributed by atoms with Gasteiger partial charge in [-0.15, -0.1) is 0 Å². The standard InChI is InChI=1S/C16H25BrFN/c1-13(2)7-5-3-4-6-10-19-12-14-8-9-15(17)16(18)11-14/h8-9,11,13,19H,3-7,10,12H2,1-2H3. The molecule has 1 nitrogen and oxygen atoms in total. The minimum Gasteiger partial charge on any atom is -0.313 e. The van der Waals surface area contributed by atoms with Crippen LogP contribution in [0.5, 0.6) is 0 Å². The minimum atomic E-state index is -0.187. The summed E-state index contributed by atoms with van der Waals surface area (Å²) >= 11 is 3.16. The summed E-state index contributed by atoms with van der Waals surface area (Å²) in [5, 5.41) is 3.37. The summed E-state index contributed by atoms with van der Waals surface area (Å²) in [4.78, 5) is 0. The van der Waals surface area contributed by atoms with Gasteiger partial charge in [0.15, 0.2) is 0 Å². The fourth-order valence-electron chi connectivity index (χ4n) is 2.04. The molecule has 0 radical (unpaired) electrons. The summed E-state index contributed by atoms with van der Waals surface area (Å²) in [7, 11) is 0. The van der Waals surface area contributed by atoms with Crippen LogP contribution in [-0.2, 0) is 6.54 Å². The van der Waals surface area contributed by atoms with E-state index in [1.165, 1.54) is 32.1 Å². The first-order valence-corrected chi connectivity index (χ1v) is 8.03. The van der Waals surface area contributed by atoms with Crippen molar-refractivity contribution in [3.63, 3.8) is 0 Å². The Hall–Kier alpha value is -0.410. The molecule has 0 aliphatic carbocycles. The van der Waals surface area contributed by atoms with Crippen molar-refractivity contribution in [2.24, 2.45) is 5.92 Å². The Kier molecular flexibility index (Phi) is 8.31. The van der Waals surface area contributed by atoms with Crippen LogP contribution in [0.25, 0.3) is 0 Å². The molecular weight excluding hydrogens is 305 g/mol. The lowest BCUT2D eigenvalue weighted by molar-refractivity contribution is 0.512. The first-order valence-electron chi connectivity index (χ1n) is 7.24. The largest absolute Gasteiger partial charge is 0.313 e. The zero-order chi connectivity index (χ0) is 14.1. The van der Waals surface area contributed by atoms with Gasteiger partial charge in [-0.25, -0.2) is 4.39 Å². The monoisotopic (exact) mass is 329 g/mol. The Morgan fingerprint density at radius 1 is 1.16 bits per heavy atom. The van der Waals surface area contributed by atoms with E-state index in [1.807, 2.05) is 6.07 Å². The normalized spacial score (nSPS) is 11.2. The second kappa shape index (κ2) is 9.49. The van der Waals surface area contributed by atoms with Crippen LogP contribution in [0.1, 0.15) is 51.5 Å². The third kappa shape index (κ3) is 7.68. The van der Waals surface area contributed by atoms with Crippen LogP contribution in [0, 0.1) is 11.7 Å². The van der Waals surface area contributed by atoms with Gasteiger partial charge >= 0.3 is 0 Å². The topological polar surface area (TPSA) is 12.0 Å². The second-order valence-corrected chi connectivity index (χ2v) is 6.38. The van der Waals surface area contributed by atoms with Crippen molar-refractivity contribution in [1.82, 2.24) is 5.32 Å². The van der Waals surface area contributed by atoms with Gasteiger partial charge in [0.05, 0.1) is 4.47 Å². The molecule has 1 aromatic carbocycles. The third-order valence-corrected chi connectivity index (χ3v) is 3.84. The number of benzene rings is 1. The minimum absolute atomic E-state index is 0.187. The summed E-state index contributed by atoms with van der Waals surface area (Å²) in [6.45, 7) is 6.31. The molecule has 0 saturated heterocycles. The first kappa shape index (κ1) is 16.6. The van der Waals surface area contributed by atoms with E-state index in [0.29, 0.717) is 4.47 Å². The summed E-state index contributed by atoms with van der Waals surface area (Å²) in [6, 6.07) is 5.29. The smallest absolute Gasteiger partial charge is 0.137 e. The van der Waals surface area contributed by atoms with Crippen molar-refractivity contribution in [3.8, 4) is 0 Å². The van der Waals surface area contributed by atoms with Crippen LogP contribution in [0.3, 0.4) is 0 Å². The van der Waals surface area contributed by atoms with E-state index in [2.05, 4.69) is 35.1 Å². The number of unbranched alkanes of at least 4 members (excludes halogenated alkanes) is 3. The maximum Gasteiger partial charge on any atom is 0.137 e. The van der Waals surface area contributed by atoms with E-state index in [4.69, 9.17) is 0 Å². The summed E-state index contributed by atoms with van der Waals surface area (Å²) in [5.41, 5.74) is 1.00. The highest BCUT2D eigenvalue weighted by Gasteiger charge is 2.00. The van der Waals surface area contributed by atoms with Gasteiger partial charge in [-0.2, -0.15) is 0 Å². The van der Waals surface area contributed by atoms with E-state index < -0.39 is 0 Å². The lowest BCUT2D eigenvalue weighted by Gasteiger charge is -2.06. The molecule has 0 amide bonds. The molecule has 0 heterocycles. The number of rotatable bonds is 9. The predicted molar refractivity (Wildman–Crippen MR) is 83.7 cm³/mol. The molecule has 1 rings (SSSR count). The molecule has 1 N–H and O–H groups in total. The molecule has 0 bridgehead atoms. The highest BCUT2D eigenvalue weighted by molar-refractivity contribution is 9.10.